The number of amides is 1. The van der Waals surface area contributed by atoms with Crippen molar-refractivity contribution in [2.24, 2.45) is 0 Å². The lowest BCUT2D eigenvalue weighted by atomic mass is 10.0. The summed E-state index contributed by atoms with van der Waals surface area (Å²) in [5, 5.41) is 3.35. The van der Waals surface area contributed by atoms with Gasteiger partial charge in [-0.05, 0) is 12.8 Å². The van der Waals surface area contributed by atoms with E-state index < -0.39 is 0 Å². The van der Waals surface area contributed by atoms with E-state index in [0.717, 1.165) is 37.4 Å². The zero-order valence-corrected chi connectivity index (χ0v) is 11.8. The van der Waals surface area contributed by atoms with Gasteiger partial charge in [-0.15, -0.1) is 6.58 Å². The third-order valence-electron chi connectivity index (χ3n) is 2.81. The molecule has 0 aromatic heterocycles. The number of carbonyl (C=O) groups is 1. The Kier molecular flexibility index (Phi) is 6.66. The van der Waals surface area contributed by atoms with Crippen molar-refractivity contribution in [1.29, 1.82) is 0 Å². The topological polar surface area (TPSA) is 32.3 Å². The molecule has 1 atom stereocenters. The lowest BCUT2D eigenvalue weighted by Gasteiger charge is -2.33. The van der Waals surface area contributed by atoms with Crippen LogP contribution in [0.2, 0.25) is 0 Å². The molecule has 1 fully saturated rings. The van der Waals surface area contributed by atoms with Crippen molar-refractivity contribution in [2.45, 2.75) is 38.8 Å². The minimum absolute atomic E-state index is 0.0353. The third-order valence-corrected chi connectivity index (χ3v) is 3.75. The molecule has 1 saturated heterocycles. The van der Waals surface area contributed by atoms with E-state index in [1.165, 1.54) is 0 Å². The predicted octanol–water partition coefficient (Wildman–Crippen LogP) is 1.89. The number of likely N-dealkylation sites (tertiary alicyclic amines) is 1. The first-order valence-corrected chi connectivity index (χ1v) is 7.54. The van der Waals surface area contributed by atoms with Crippen LogP contribution in [0.15, 0.2) is 12.7 Å². The minimum Gasteiger partial charge on any atom is -0.341 e. The zero-order valence-electron chi connectivity index (χ0n) is 10.9. The van der Waals surface area contributed by atoms with Crippen LogP contribution < -0.4 is 5.32 Å². The van der Waals surface area contributed by atoms with E-state index in [0.29, 0.717) is 6.04 Å². The maximum atomic E-state index is 12.2. The molecule has 1 rings (SSSR count). The molecule has 0 spiro atoms. The number of carbonyl (C=O) groups excluding carboxylic acids is 1. The Hall–Kier alpha value is -0.480. The van der Waals surface area contributed by atoms with Crippen molar-refractivity contribution in [3.05, 3.63) is 12.7 Å². The minimum atomic E-state index is 0.0353. The average Bonchev–Trinajstić information content (AvgIpc) is 2.28. The number of rotatable bonds is 7. The van der Waals surface area contributed by atoms with Gasteiger partial charge in [0.25, 0.3) is 0 Å². The third kappa shape index (κ3) is 5.13. The zero-order chi connectivity index (χ0) is 12.7. The summed E-state index contributed by atoms with van der Waals surface area (Å²) in [6.07, 6.45) is 4.00. The highest BCUT2D eigenvalue weighted by Gasteiger charge is 2.28. The van der Waals surface area contributed by atoms with E-state index in [1.807, 2.05) is 22.7 Å². The van der Waals surface area contributed by atoms with E-state index in [1.54, 1.807) is 0 Å². The van der Waals surface area contributed by atoms with Gasteiger partial charge < -0.3 is 10.2 Å². The summed E-state index contributed by atoms with van der Waals surface area (Å²) in [7, 11) is 0. The second kappa shape index (κ2) is 7.77. The highest BCUT2D eigenvalue weighted by atomic mass is 32.2. The largest absolute Gasteiger partial charge is 0.341 e. The summed E-state index contributed by atoms with van der Waals surface area (Å²) in [6, 6.07) is 0.409. The lowest BCUT2D eigenvalue weighted by Crippen LogP contribution is -2.52. The standard InChI is InChI=1S/C13H24N2OS/c1-4-9-17-10-8-15-7-5-6-12(13(15)16)14-11(2)3/h4,11-12,14H,1,5-10H2,2-3H3. The number of hydrogen-bond donors (Lipinski definition) is 1. The van der Waals surface area contributed by atoms with Gasteiger partial charge in [-0.2, -0.15) is 11.8 Å². The molecule has 1 N–H and O–H groups in total. The van der Waals surface area contributed by atoms with Gasteiger partial charge in [0.15, 0.2) is 0 Å². The molecule has 0 radical (unpaired) electrons. The lowest BCUT2D eigenvalue weighted by molar-refractivity contribution is -0.135. The van der Waals surface area contributed by atoms with Crippen LogP contribution in [0.5, 0.6) is 0 Å². The molecule has 1 amide bonds. The number of hydrogen-bond acceptors (Lipinski definition) is 3. The monoisotopic (exact) mass is 256 g/mol. The fourth-order valence-electron chi connectivity index (χ4n) is 2.06. The number of piperidine rings is 1. The quantitative estimate of drug-likeness (QED) is 0.558. The van der Waals surface area contributed by atoms with Gasteiger partial charge in [-0.25, -0.2) is 0 Å². The Balaban J connectivity index is 2.34. The molecular weight excluding hydrogens is 232 g/mol. The molecule has 0 saturated carbocycles. The highest BCUT2D eigenvalue weighted by molar-refractivity contribution is 7.99. The number of thioether (sulfide) groups is 1. The smallest absolute Gasteiger partial charge is 0.239 e. The molecule has 1 heterocycles. The van der Waals surface area contributed by atoms with Crippen molar-refractivity contribution >= 4 is 17.7 Å². The molecule has 0 aliphatic carbocycles. The van der Waals surface area contributed by atoms with Gasteiger partial charge in [0.1, 0.15) is 0 Å². The molecule has 17 heavy (non-hydrogen) atoms. The van der Waals surface area contributed by atoms with Crippen LogP contribution in [0.3, 0.4) is 0 Å². The Morgan fingerprint density at radius 1 is 1.65 bits per heavy atom. The van der Waals surface area contributed by atoms with Crippen molar-refractivity contribution < 1.29 is 4.79 Å². The van der Waals surface area contributed by atoms with Gasteiger partial charge in [-0.1, -0.05) is 19.9 Å². The first kappa shape index (κ1) is 14.6. The predicted molar refractivity (Wildman–Crippen MR) is 75.4 cm³/mol. The average molecular weight is 256 g/mol. The van der Waals surface area contributed by atoms with Crippen LogP contribution in [-0.2, 0) is 4.79 Å². The maximum Gasteiger partial charge on any atom is 0.239 e. The molecule has 0 bridgehead atoms. The van der Waals surface area contributed by atoms with Gasteiger partial charge in [-0.3, -0.25) is 4.79 Å². The normalized spacial score (nSPS) is 21.0. The van der Waals surface area contributed by atoms with Gasteiger partial charge in [0, 0.05) is 30.6 Å². The van der Waals surface area contributed by atoms with E-state index in [-0.39, 0.29) is 11.9 Å². The molecule has 4 heteroatoms. The maximum absolute atomic E-state index is 12.2. The molecule has 0 aromatic carbocycles. The fourth-order valence-corrected chi connectivity index (χ4v) is 2.74. The van der Waals surface area contributed by atoms with Crippen molar-refractivity contribution in [3.63, 3.8) is 0 Å². The van der Waals surface area contributed by atoms with Gasteiger partial charge in [0.2, 0.25) is 5.91 Å². The Morgan fingerprint density at radius 2 is 2.41 bits per heavy atom. The molecule has 1 aliphatic heterocycles. The van der Waals surface area contributed by atoms with Gasteiger partial charge in [0.05, 0.1) is 6.04 Å². The number of nitrogens with one attached hydrogen (secondary N) is 1. The van der Waals surface area contributed by atoms with Crippen molar-refractivity contribution in [2.75, 3.05) is 24.6 Å². The van der Waals surface area contributed by atoms with Crippen molar-refractivity contribution in [3.8, 4) is 0 Å². The summed E-state index contributed by atoms with van der Waals surface area (Å²) in [5.41, 5.74) is 0. The van der Waals surface area contributed by atoms with E-state index in [2.05, 4.69) is 25.7 Å². The Bertz CT molecular complexity index is 256. The van der Waals surface area contributed by atoms with Crippen molar-refractivity contribution in [1.82, 2.24) is 10.2 Å². The molecule has 1 unspecified atom stereocenters. The van der Waals surface area contributed by atoms with Gasteiger partial charge >= 0.3 is 0 Å². The second-order valence-corrected chi connectivity index (χ2v) is 5.85. The fraction of sp³-hybridized carbons (Fsp3) is 0.769. The van der Waals surface area contributed by atoms with Crippen LogP contribution >= 0.6 is 11.8 Å². The molecule has 98 valence electrons. The Morgan fingerprint density at radius 3 is 3.06 bits per heavy atom. The number of nitrogens with zero attached hydrogens (tertiary/aromatic N) is 1. The highest BCUT2D eigenvalue weighted by Crippen LogP contribution is 2.13. The summed E-state index contributed by atoms with van der Waals surface area (Å²) in [5.74, 6) is 2.26. The first-order valence-electron chi connectivity index (χ1n) is 6.38. The van der Waals surface area contributed by atoms with E-state index in [4.69, 9.17) is 0 Å². The van der Waals surface area contributed by atoms with Crippen LogP contribution in [-0.4, -0.2) is 47.5 Å². The molecular formula is C13H24N2OS. The Labute approximate surface area is 109 Å². The second-order valence-electron chi connectivity index (χ2n) is 4.71. The summed E-state index contributed by atoms with van der Waals surface area (Å²) >= 11 is 1.83. The first-order chi connectivity index (χ1) is 8.15. The SMILES string of the molecule is C=CCSCCN1CCCC(NC(C)C)C1=O. The molecule has 3 nitrogen and oxygen atoms in total. The molecule has 1 aliphatic rings. The van der Waals surface area contributed by atoms with Crippen LogP contribution in [0.25, 0.3) is 0 Å². The van der Waals surface area contributed by atoms with Crippen LogP contribution in [0.4, 0.5) is 0 Å². The summed E-state index contributed by atoms with van der Waals surface area (Å²) in [4.78, 5) is 14.2. The summed E-state index contributed by atoms with van der Waals surface area (Å²) in [6.45, 7) is 9.66. The van der Waals surface area contributed by atoms with E-state index >= 15 is 0 Å². The van der Waals surface area contributed by atoms with Crippen LogP contribution in [0, 0.1) is 0 Å². The van der Waals surface area contributed by atoms with E-state index in [9.17, 15) is 4.79 Å². The van der Waals surface area contributed by atoms with Crippen LogP contribution in [0.1, 0.15) is 26.7 Å². The molecule has 0 aromatic rings. The summed E-state index contributed by atoms with van der Waals surface area (Å²) < 4.78 is 0.